The lowest BCUT2D eigenvalue weighted by Crippen LogP contribution is -2.39. The standard InChI is InChI=1S/C29H31ClN6O4/c30-20-5-6-22(31-15-20)18-40-28-3-1-2-26(34-28)32-21-8-11-35(12-9-21)17-27-33-24-7-4-19(29(37)38)14-25(24)36(27)16-23-10-13-39-23/h1-7,14-15,21,23H,8-13,16-18H2,(H,32,34)(H,37,38)/t23-/m0/s1. The minimum atomic E-state index is -0.934. The molecule has 0 radical (unpaired) electrons. The maximum atomic E-state index is 11.6. The van der Waals surface area contributed by atoms with Crippen molar-refractivity contribution < 1.29 is 19.4 Å². The van der Waals surface area contributed by atoms with Crippen molar-refractivity contribution in [3.8, 4) is 5.88 Å². The second-order valence-electron chi connectivity index (χ2n) is 10.2. The van der Waals surface area contributed by atoms with Crippen LogP contribution < -0.4 is 10.1 Å². The molecule has 208 valence electrons. The van der Waals surface area contributed by atoms with E-state index in [4.69, 9.17) is 26.1 Å². The molecule has 2 aliphatic rings. The number of pyridine rings is 2. The van der Waals surface area contributed by atoms with Crippen molar-refractivity contribution in [2.24, 2.45) is 0 Å². The van der Waals surface area contributed by atoms with Crippen molar-refractivity contribution in [1.29, 1.82) is 0 Å². The number of nitrogens with zero attached hydrogens (tertiary/aromatic N) is 5. The molecule has 3 aromatic heterocycles. The molecular formula is C29H31ClN6O4. The number of aromatic carboxylic acids is 1. The van der Waals surface area contributed by atoms with Crippen LogP contribution in [0.2, 0.25) is 5.02 Å². The van der Waals surface area contributed by atoms with Gasteiger partial charge in [-0.15, -0.1) is 0 Å². The highest BCUT2D eigenvalue weighted by Gasteiger charge is 2.25. The highest BCUT2D eigenvalue weighted by molar-refractivity contribution is 6.30. The Bertz CT molecular complexity index is 1480. The Hall–Kier alpha value is -3.73. The third-order valence-corrected chi connectivity index (χ3v) is 7.66. The van der Waals surface area contributed by atoms with Crippen molar-refractivity contribution in [3.05, 3.63) is 76.8 Å². The summed E-state index contributed by atoms with van der Waals surface area (Å²) < 4.78 is 13.7. The molecule has 1 aromatic carbocycles. The van der Waals surface area contributed by atoms with Crippen LogP contribution in [-0.4, -0.2) is 67.3 Å². The number of hydrogen-bond acceptors (Lipinski definition) is 8. The molecule has 0 spiro atoms. The lowest BCUT2D eigenvalue weighted by atomic mass is 10.1. The molecule has 4 aromatic rings. The molecule has 2 aliphatic heterocycles. The number of carboxylic acid groups (broad SMARTS) is 1. The summed E-state index contributed by atoms with van der Waals surface area (Å²) in [5.74, 6) is 1.34. The van der Waals surface area contributed by atoms with E-state index in [0.29, 0.717) is 36.6 Å². The fourth-order valence-electron chi connectivity index (χ4n) is 5.12. The van der Waals surface area contributed by atoms with Crippen LogP contribution in [0.3, 0.4) is 0 Å². The smallest absolute Gasteiger partial charge is 0.335 e. The fraction of sp³-hybridized carbons (Fsp3) is 0.379. The predicted octanol–water partition coefficient (Wildman–Crippen LogP) is 4.62. The van der Waals surface area contributed by atoms with E-state index in [1.54, 1.807) is 30.5 Å². The van der Waals surface area contributed by atoms with Crippen LogP contribution in [0, 0.1) is 0 Å². The first-order chi connectivity index (χ1) is 19.5. The summed E-state index contributed by atoms with van der Waals surface area (Å²) >= 11 is 5.90. The van der Waals surface area contributed by atoms with Crippen molar-refractivity contribution in [1.82, 2.24) is 24.4 Å². The third-order valence-electron chi connectivity index (χ3n) is 7.44. The molecule has 2 fully saturated rings. The Balaban J connectivity index is 1.06. The Kier molecular flexibility index (Phi) is 7.81. The second kappa shape index (κ2) is 11.8. The van der Waals surface area contributed by atoms with Crippen LogP contribution in [0.25, 0.3) is 11.0 Å². The lowest BCUT2D eigenvalue weighted by Gasteiger charge is -2.33. The van der Waals surface area contributed by atoms with Crippen LogP contribution in [0.1, 0.15) is 41.1 Å². The van der Waals surface area contributed by atoms with Gasteiger partial charge in [-0.3, -0.25) is 9.88 Å². The van der Waals surface area contributed by atoms with E-state index in [1.165, 1.54) is 0 Å². The number of imidazole rings is 1. The SMILES string of the molecule is O=C(O)c1ccc2nc(CN3CCC(Nc4cccc(OCc5ccc(Cl)cn5)n4)CC3)n(C[C@@H]3CCO3)c2c1. The van der Waals surface area contributed by atoms with Gasteiger partial charge in [0.15, 0.2) is 0 Å². The number of carboxylic acids is 1. The summed E-state index contributed by atoms with van der Waals surface area (Å²) in [7, 11) is 0. The number of carbonyl (C=O) groups is 1. The monoisotopic (exact) mass is 562 g/mol. The average Bonchev–Trinajstić information content (AvgIpc) is 3.27. The Morgan fingerprint density at radius 2 is 1.98 bits per heavy atom. The number of benzene rings is 1. The van der Waals surface area contributed by atoms with E-state index in [1.807, 2.05) is 24.3 Å². The van der Waals surface area contributed by atoms with E-state index >= 15 is 0 Å². The number of ether oxygens (including phenoxy) is 2. The average molecular weight is 563 g/mol. The van der Waals surface area contributed by atoms with E-state index in [0.717, 1.165) is 67.3 Å². The highest BCUT2D eigenvalue weighted by atomic mass is 35.5. The van der Waals surface area contributed by atoms with Crippen LogP contribution in [0.15, 0.2) is 54.7 Å². The zero-order chi connectivity index (χ0) is 27.5. The summed E-state index contributed by atoms with van der Waals surface area (Å²) in [5.41, 5.74) is 2.72. The molecule has 0 aliphatic carbocycles. The highest BCUT2D eigenvalue weighted by Crippen LogP contribution is 2.25. The molecule has 5 heterocycles. The molecule has 0 saturated carbocycles. The minimum Gasteiger partial charge on any atom is -0.478 e. The summed E-state index contributed by atoms with van der Waals surface area (Å²) in [5, 5.41) is 13.6. The number of likely N-dealkylation sites (tertiary alicyclic amines) is 1. The first-order valence-electron chi connectivity index (χ1n) is 13.5. The molecule has 0 unspecified atom stereocenters. The number of rotatable bonds is 10. The van der Waals surface area contributed by atoms with E-state index < -0.39 is 5.97 Å². The Labute approximate surface area is 236 Å². The third kappa shape index (κ3) is 6.19. The molecule has 1 atom stereocenters. The summed E-state index contributed by atoms with van der Waals surface area (Å²) in [6, 6.07) is 14.8. The van der Waals surface area contributed by atoms with Gasteiger partial charge in [0.25, 0.3) is 0 Å². The molecule has 11 heteroatoms. The van der Waals surface area contributed by atoms with Crippen molar-refractivity contribution >= 4 is 34.4 Å². The van der Waals surface area contributed by atoms with Gasteiger partial charge in [0.1, 0.15) is 18.2 Å². The van der Waals surface area contributed by atoms with Gasteiger partial charge in [0.2, 0.25) is 5.88 Å². The number of fused-ring (bicyclic) bond motifs is 1. The Morgan fingerprint density at radius 3 is 2.70 bits per heavy atom. The number of hydrogen-bond donors (Lipinski definition) is 2. The minimum absolute atomic E-state index is 0.147. The van der Waals surface area contributed by atoms with Gasteiger partial charge in [-0.1, -0.05) is 17.7 Å². The van der Waals surface area contributed by atoms with Gasteiger partial charge in [0, 0.05) is 38.0 Å². The molecule has 2 N–H and O–H groups in total. The molecular weight excluding hydrogens is 532 g/mol. The van der Waals surface area contributed by atoms with Crippen LogP contribution in [0.5, 0.6) is 5.88 Å². The largest absolute Gasteiger partial charge is 0.478 e. The summed E-state index contributed by atoms with van der Waals surface area (Å²) in [6.45, 7) is 4.32. The summed E-state index contributed by atoms with van der Waals surface area (Å²) in [6.07, 6.45) is 4.70. The van der Waals surface area contributed by atoms with E-state index in [9.17, 15) is 9.90 Å². The van der Waals surface area contributed by atoms with Crippen molar-refractivity contribution in [2.75, 3.05) is 25.0 Å². The van der Waals surface area contributed by atoms with E-state index in [-0.39, 0.29) is 11.7 Å². The maximum Gasteiger partial charge on any atom is 0.335 e. The first-order valence-corrected chi connectivity index (χ1v) is 13.9. The van der Waals surface area contributed by atoms with Gasteiger partial charge in [-0.05, 0) is 55.7 Å². The van der Waals surface area contributed by atoms with E-state index in [2.05, 4.69) is 24.8 Å². The molecule has 0 amide bonds. The second-order valence-corrected chi connectivity index (χ2v) is 10.7. The van der Waals surface area contributed by atoms with Crippen LogP contribution in [-0.2, 0) is 24.4 Å². The molecule has 40 heavy (non-hydrogen) atoms. The van der Waals surface area contributed by atoms with Gasteiger partial charge < -0.3 is 24.5 Å². The molecule has 2 saturated heterocycles. The predicted molar refractivity (Wildman–Crippen MR) is 151 cm³/mol. The number of piperidine rings is 1. The van der Waals surface area contributed by atoms with Gasteiger partial charge in [-0.2, -0.15) is 4.98 Å². The Morgan fingerprint density at radius 1 is 1.12 bits per heavy atom. The van der Waals surface area contributed by atoms with Crippen molar-refractivity contribution in [2.45, 2.75) is 51.1 Å². The number of halogens is 1. The number of anilines is 1. The normalized spacial score (nSPS) is 18.0. The zero-order valence-electron chi connectivity index (χ0n) is 22.0. The number of aromatic nitrogens is 4. The fourth-order valence-corrected chi connectivity index (χ4v) is 5.23. The van der Waals surface area contributed by atoms with Crippen LogP contribution in [0.4, 0.5) is 5.82 Å². The number of nitrogens with one attached hydrogen (secondary N) is 1. The first kappa shape index (κ1) is 26.5. The van der Waals surface area contributed by atoms with Gasteiger partial charge in [-0.25, -0.2) is 9.78 Å². The lowest BCUT2D eigenvalue weighted by molar-refractivity contribution is -0.0592. The zero-order valence-corrected chi connectivity index (χ0v) is 22.8. The van der Waals surface area contributed by atoms with Gasteiger partial charge >= 0.3 is 5.97 Å². The van der Waals surface area contributed by atoms with Crippen LogP contribution >= 0.6 is 11.6 Å². The maximum absolute atomic E-state index is 11.6. The quantitative estimate of drug-likeness (QED) is 0.285. The topological polar surface area (TPSA) is 115 Å². The summed E-state index contributed by atoms with van der Waals surface area (Å²) in [4.78, 5) is 27.7. The molecule has 6 rings (SSSR count). The van der Waals surface area contributed by atoms with Gasteiger partial charge in [0.05, 0.1) is 46.5 Å². The molecule has 10 nitrogen and oxygen atoms in total. The molecule has 0 bridgehead atoms. The van der Waals surface area contributed by atoms with Crippen molar-refractivity contribution in [3.63, 3.8) is 0 Å².